The molecule has 1 aliphatic rings. The van der Waals surface area contributed by atoms with Gasteiger partial charge in [0.05, 0.1) is 0 Å². The van der Waals surface area contributed by atoms with Crippen LogP contribution in [-0.2, 0) is 6.42 Å². The van der Waals surface area contributed by atoms with E-state index in [2.05, 4.69) is 34.6 Å². The van der Waals surface area contributed by atoms with Gasteiger partial charge in [0, 0.05) is 38.6 Å². The Hall–Kier alpha value is -0.810. The lowest BCUT2D eigenvalue weighted by atomic mass is 10.2. The van der Waals surface area contributed by atoms with Crippen LogP contribution in [0.3, 0.4) is 0 Å². The van der Waals surface area contributed by atoms with Crippen molar-refractivity contribution in [2.45, 2.75) is 19.8 Å². The summed E-state index contributed by atoms with van der Waals surface area (Å²) in [7, 11) is 0. The molecule has 1 saturated heterocycles. The number of anilines is 1. The molecule has 0 unspecified atom stereocenters. The van der Waals surface area contributed by atoms with Crippen molar-refractivity contribution in [1.29, 1.82) is 0 Å². The van der Waals surface area contributed by atoms with E-state index in [-0.39, 0.29) is 0 Å². The molecule has 1 aromatic rings. The monoisotopic (exact) mass is 238 g/mol. The Morgan fingerprint density at radius 3 is 2.38 bits per heavy atom. The first-order valence-corrected chi connectivity index (χ1v) is 6.19. The van der Waals surface area contributed by atoms with Crippen molar-refractivity contribution in [3.8, 4) is 0 Å². The molecule has 0 aromatic carbocycles. The van der Waals surface area contributed by atoms with E-state index < -0.39 is 0 Å². The van der Waals surface area contributed by atoms with Crippen LogP contribution in [0.5, 0.6) is 0 Å². The average Bonchev–Trinajstić information content (AvgIpc) is 2.32. The fourth-order valence-electron chi connectivity index (χ4n) is 1.82. The highest BCUT2D eigenvalue weighted by atomic mass is 32.1. The van der Waals surface area contributed by atoms with Gasteiger partial charge in [0.15, 0.2) is 0 Å². The van der Waals surface area contributed by atoms with Gasteiger partial charge in [0.25, 0.3) is 0 Å². The Morgan fingerprint density at radius 2 is 1.81 bits per heavy atom. The first-order chi connectivity index (χ1) is 7.79. The standard InChI is InChI=1S/C11H18N4S/c1-2-3-10-8-12-11(13-9-10)14-4-6-15(16)7-5-14/h8-9,16H,2-7H2,1H3. The van der Waals surface area contributed by atoms with Crippen LogP contribution < -0.4 is 4.90 Å². The highest BCUT2D eigenvalue weighted by Gasteiger charge is 2.16. The highest BCUT2D eigenvalue weighted by molar-refractivity contribution is 7.77. The highest BCUT2D eigenvalue weighted by Crippen LogP contribution is 2.12. The van der Waals surface area contributed by atoms with Crippen molar-refractivity contribution in [3.63, 3.8) is 0 Å². The second kappa shape index (κ2) is 5.50. The molecule has 1 aliphatic heterocycles. The van der Waals surface area contributed by atoms with Crippen molar-refractivity contribution in [1.82, 2.24) is 14.3 Å². The molecule has 0 spiro atoms. The van der Waals surface area contributed by atoms with Crippen molar-refractivity contribution in [3.05, 3.63) is 18.0 Å². The normalized spacial score (nSPS) is 17.8. The number of piperazine rings is 1. The minimum atomic E-state index is 0.848. The van der Waals surface area contributed by atoms with Gasteiger partial charge in [-0.15, -0.1) is 0 Å². The average molecular weight is 238 g/mol. The summed E-state index contributed by atoms with van der Waals surface area (Å²) in [6.45, 7) is 6.00. The molecular formula is C11H18N4S. The molecule has 0 atom stereocenters. The van der Waals surface area contributed by atoms with E-state index in [9.17, 15) is 0 Å². The second-order valence-corrected chi connectivity index (χ2v) is 4.65. The van der Waals surface area contributed by atoms with E-state index in [1.807, 2.05) is 16.7 Å². The zero-order valence-electron chi connectivity index (χ0n) is 9.63. The molecule has 16 heavy (non-hydrogen) atoms. The molecule has 88 valence electrons. The summed E-state index contributed by atoms with van der Waals surface area (Å²) in [4.78, 5) is 11.0. The van der Waals surface area contributed by atoms with E-state index >= 15 is 0 Å². The molecule has 5 heteroatoms. The van der Waals surface area contributed by atoms with Crippen LogP contribution in [-0.4, -0.2) is 40.5 Å². The Labute approximate surface area is 102 Å². The van der Waals surface area contributed by atoms with Gasteiger partial charge in [-0.2, -0.15) is 0 Å². The van der Waals surface area contributed by atoms with Gasteiger partial charge in [0.2, 0.25) is 5.95 Å². The number of hydrogen-bond acceptors (Lipinski definition) is 5. The molecule has 4 nitrogen and oxygen atoms in total. The van der Waals surface area contributed by atoms with Crippen molar-refractivity contribution in [2.75, 3.05) is 31.1 Å². The van der Waals surface area contributed by atoms with Crippen LogP contribution in [0.4, 0.5) is 5.95 Å². The summed E-state index contributed by atoms with van der Waals surface area (Å²) in [5.74, 6) is 0.848. The molecule has 0 saturated carbocycles. The summed E-state index contributed by atoms with van der Waals surface area (Å²) in [5.41, 5.74) is 1.22. The number of aryl methyl sites for hydroxylation is 1. The molecule has 0 radical (unpaired) electrons. The van der Waals surface area contributed by atoms with Crippen LogP contribution in [0.1, 0.15) is 18.9 Å². The summed E-state index contributed by atoms with van der Waals surface area (Å²) < 4.78 is 2.03. The van der Waals surface area contributed by atoms with E-state index in [0.717, 1.165) is 45.0 Å². The van der Waals surface area contributed by atoms with Crippen molar-refractivity contribution < 1.29 is 0 Å². The largest absolute Gasteiger partial charge is 0.338 e. The maximum atomic E-state index is 4.42. The van der Waals surface area contributed by atoms with Gasteiger partial charge in [-0.25, -0.2) is 14.3 Å². The van der Waals surface area contributed by atoms with Gasteiger partial charge in [-0.1, -0.05) is 26.2 Å². The van der Waals surface area contributed by atoms with Crippen LogP contribution in [0.2, 0.25) is 0 Å². The Morgan fingerprint density at radius 1 is 1.19 bits per heavy atom. The van der Waals surface area contributed by atoms with Gasteiger partial charge >= 0.3 is 0 Å². The van der Waals surface area contributed by atoms with E-state index in [4.69, 9.17) is 0 Å². The van der Waals surface area contributed by atoms with E-state index in [1.165, 1.54) is 5.56 Å². The molecule has 0 N–H and O–H groups in total. The molecule has 2 heterocycles. The predicted octanol–water partition coefficient (Wildman–Crippen LogP) is 1.40. The maximum absolute atomic E-state index is 4.42. The second-order valence-electron chi connectivity index (χ2n) is 4.08. The molecule has 1 aromatic heterocycles. The van der Waals surface area contributed by atoms with Crippen LogP contribution in [0, 0.1) is 0 Å². The zero-order chi connectivity index (χ0) is 11.4. The van der Waals surface area contributed by atoms with Crippen LogP contribution >= 0.6 is 12.8 Å². The fraction of sp³-hybridized carbons (Fsp3) is 0.636. The predicted molar refractivity (Wildman–Crippen MR) is 68.8 cm³/mol. The molecule has 2 rings (SSSR count). The topological polar surface area (TPSA) is 32.3 Å². The molecule has 0 amide bonds. The van der Waals surface area contributed by atoms with Gasteiger partial charge in [-0.05, 0) is 12.0 Å². The third kappa shape index (κ3) is 2.86. The summed E-state index contributed by atoms with van der Waals surface area (Å²) >= 11 is 4.32. The number of hydrogen-bond donors (Lipinski definition) is 1. The first-order valence-electron chi connectivity index (χ1n) is 5.79. The third-order valence-corrected chi connectivity index (χ3v) is 3.17. The number of aromatic nitrogens is 2. The Bertz CT molecular complexity index is 319. The fourth-order valence-corrected chi connectivity index (χ4v) is 2.00. The summed E-state index contributed by atoms with van der Waals surface area (Å²) in [5, 5.41) is 0. The van der Waals surface area contributed by atoms with Crippen LogP contribution in [0.25, 0.3) is 0 Å². The number of rotatable bonds is 3. The molecule has 0 bridgehead atoms. The SMILES string of the molecule is CCCc1cnc(N2CCN(S)CC2)nc1. The van der Waals surface area contributed by atoms with Gasteiger partial charge in [-0.3, -0.25) is 0 Å². The van der Waals surface area contributed by atoms with E-state index in [1.54, 1.807) is 0 Å². The lowest BCUT2D eigenvalue weighted by molar-refractivity contribution is 0.431. The quantitative estimate of drug-likeness (QED) is 0.807. The van der Waals surface area contributed by atoms with Gasteiger partial charge < -0.3 is 4.90 Å². The molecular weight excluding hydrogens is 220 g/mol. The first kappa shape index (κ1) is 11.7. The Balaban J connectivity index is 1.98. The minimum absolute atomic E-state index is 0.848. The van der Waals surface area contributed by atoms with Crippen molar-refractivity contribution >= 4 is 18.8 Å². The van der Waals surface area contributed by atoms with Gasteiger partial charge in [0.1, 0.15) is 0 Å². The number of nitrogens with zero attached hydrogens (tertiary/aromatic N) is 4. The van der Waals surface area contributed by atoms with Crippen molar-refractivity contribution in [2.24, 2.45) is 0 Å². The maximum Gasteiger partial charge on any atom is 0.225 e. The Kier molecular flexibility index (Phi) is 4.01. The smallest absolute Gasteiger partial charge is 0.225 e. The molecule has 1 fully saturated rings. The summed E-state index contributed by atoms with van der Waals surface area (Å²) in [6, 6.07) is 0. The number of thiol groups is 1. The van der Waals surface area contributed by atoms with E-state index in [0.29, 0.717) is 0 Å². The lowest BCUT2D eigenvalue weighted by Gasteiger charge is -2.31. The third-order valence-electron chi connectivity index (χ3n) is 2.77. The molecule has 0 aliphatic carbocycles. The zero-order valence-corrected chi connectivity index (χ0v) is 10.5. The summed E-state index contributed by atoms with van der Waals surface area (Å²) in [6.07, 6.45) is 6.09. The minimum Gasteiger partial charge on any atom is -0.338 e. The lowest BCUT2D eigenvalue weighted by Crippen LogP contribution is -2.43. The van der Waals surface area contributed by atoms with Crippen LogP contribution in [0.15, 0.2) is 12.4 Å².